The van der Waals surface area contributed by atoms with Crippen molar-refractivity contribution in [1.29, 1.82) is 0 Å². The molecular weight excluding hydrogens is 467 g/mol. The molecule has 1 saturated carbocycles. The number of hydrogen-bond acceptors (Lipinski definition) is 5. The van der Waals surface area contributed by atoms with E-state index in [2.05, 4.69) is 26.0 Å². The van der Waals surface area contributed by atoms with Crippen molar-refractivity contribution in [2.24, 2.45) is 0 Å². The van der Waals surface area contributed by atoms with Gasteiger partial charge in [0.2, 0.25) is 0 Å². The summed E-state index contributed by atoms with van der Waals surface area (Å²) in [5, 5.41) is 12.5. The lowest BCUT2D eigenvalue weighted by atomic mass is 10.0. The quantitative estimate of drug-likeness (QED) is 0.496. The number of nitrogens with one attached hydrogen (secondary N) is 2. The number of methoxy groups -OCH3 is 1. The van der Waals surface area contributed by atoms with Gasteiger partial charge in [0.05, 0.1) is 17.9 Å². The van der Waals surface area contributed by atoms with Crippen LogP contribution in [0.4, 0.5) is 10.1 Å². The summed E-state index contributed by atoms with van der Waals surface area (Å²) >= 11 is 3.15. The van der Waals surface area contributed by atoms with E-state index >= 15 is 4.39 Å². The van der Waals surface area contributed by atoms with E-state index in [-0.39, 0.29) is 30.3 Å². The molecule has 156 valence electrons. The van der Waals surface area contributed by atoms with Gasteiger partial charge in [-0.15, -0.1) is 0 Å². The SMILES string of the molecule is COCCNC(=O)c1cc(C2CC2)cc(NS(=O)(=O)c2cc(Br)ccc2O)c1F. The summed E-state index contributed by atoms with van der Waals surface area (Å²) in [7, 11) is -2.82. The number of amides is 1. The zero-order chi connectivity index (χ0) is 21.2. The van der Waals surface area contributed by atoms with Crippen LogP contribution in [0.1, 0.15) is 34.7 Å². The Morgan fingerprint density at radius 3 is 2.69 bits per heavy atom. The topological polar surface area (TPSA) is 105 Å². The van der Waals surface area contributed by atoms with Gasteiger partial charge in [0.1, 0.15) is 10.6 Å². The fourth-order valence-corrected chi connectivity index (χ4v) is 4.49. The number of ether oxygens (including phenoxy) is 1. The van der Waals surface area contributed by atoms with Crippen molar-refractivity contribution in [2.45, 2.75) is 23.7 Å². The molecule has 0 radical (unpaired) electrons. The van der Waals surface area contributed by atoms with Crippen LogP contribution in [0.15, 0.2) is 39.7 Å². The molecule has 1 aliphatic rings. The van der Waals surface area contributed by atoms with Crippen LogP contribution < -0.4 is 10.0 Å². The Hall–Kier alpha value is -2.17. The summed E-state index contributed by atoms with van der Waals surface area (Å²) in [5.41, 5.74) is 0.0896. The Balaban J connectivity index is 1.98. The van der Waals surface area contributed by atoms with Gasteiger partial charge in [-0.1, -0.05) is 15.9 Å². The number of benzene rings is 2. The molecule has 0 unspecified atom stereocenters. The second-order valence-electron chi connectivity index (χ2n) is 6.67. The first-order valence-corrected chi connectivity index (χ1v) is 11.1. The number of aromatic hydroxyl groups is 1. The second-order valence-corrected chi connectivity index (χ2v) is 9.24. The van der Waals surface area contributed by atoms with Gasteiger partial charge in [-0.3, -0.25) is 9.52 Å². The van der Waals surface area contributed by atoms with E-state index in [0.29, 0.717) is 10.0 Å². The summed E-state index contributed by atoms with van der Waals surface area (Å²) in [6.45, 7) is 0.451. The van der Waals surface area contributed by atoms with Gasteiger partial charge in [0.25, 0.3) is 15.9 Å². The van der Waals surface area contributed by atoms with E-state index in [9.17, 15) is 18.3 Å². The summed E-state index contributed by atoms with van der Waals surface area (Å²) in [6, 6.07) is 6.74. The fraction of sp³-hybridized carbons (Fsp3) is 0.316. The molecule has 0 bridgehead atoms. The molecule has 7 nitrogen and oxygen atoms in total. The minimum atomic E-state index is -4.30. The molecule has 2 aromatic rings. The molecule has 0 saturated heterocycles. The van der Waals surface area contributed by atoms with Gasteiger partial charge in [0, 0.05) is 18.1 Å². The van der Waals surface area contributed by atoms with Crippen LogP contribution >= 0.6 is 15.9 Å². The van der Waals surface area contributed by atoms with E-state index in [1.165, 1.54) is 37.4 Å². The summed E-state index contributed by atoms with van der Waals surface area (Å²) in [4.78, 5) is 12.0. The van der Waals surface area contributed by atoms with E-state index < -0.39 is 32.4 Å². The lowest BCUT2D eigenvalue weighted by molar-refractivity contribution is 0.0933. The number of hydrogen-bond donors (Lipinski definition) is 3. The van der Waals surface area contributed by atoms with Crippen molar-refractivity contribution >= 4 is 37.5 Å². The maximum Gasteiger partial charge on any atom is 0.265 e. The summed E-state index contributed by atoms with van der Waals surface area (Å²) in [6.07, 6.45) is 1.77. The van der Waals surface area contributed by atoms with Crippen molar-refractivity contribution in [3.05, 3.63) is 51.7 Å². The maximum absolute atomic E-state index is 15.0. The molecule has 0 aromatic heterocycles. The standard InChI is InChI=1S/C19H20BrFN2O5S/c1-28-7-6-22-19(25)14-8-12(11-2-3-11)9-15(18(14)21)23-29(26,27)17-10-13(20)4-5-16(17)24/h4-5,8-11,23-24H,2-3,6-7H2,1H3,(H,22,25). The molecule has 10 heteroatoms. The molecule has 0 heterocycles. The van der Waals surface area contributed by atoms with Gasteiger partial charge < -0.3 is 15.2 Å². The zero-order valence-corrected chi connectivity index (χ0v) is 17.9. The lowest BCUT2D eigenvalue weighted by Gasteiger charge is -2.15. The highest BCUT2D eigenvalue weighted by molar-refractivity contribution is 9.10. The Morgan fingerprint density at radius 1 is 1.31 bits per heavy atom. The van der Waals surface area contributed by atoms with Crippen LogP contribution in [0.3, 0.4) is 0 Å². The van der Waals surface area contributed by atoms with Crippen molar-refractivity contribution < 1.29 is 27.4 Å². The Kier molecular flexibility index (Phi) is 6.45. The van der Waals surface area contributed by atoms with Gasteiger partial charge in [-0.05, 0) is 54.7 Å². The average molecular weight is 487 g/mol. The summed E-state index contributed by atoms with van der Waals surface area (Å²) in [5.74, 6) is -1.96. The van der Waals surface area contributed by atoms with Gasteiger partial charge in [-0.2, -0.15) is 0 Å². The minimum absolute atomic E-state index is 0.156. The first-order valence-electron chi connectivity index (χ1n) is 8.85. The van der Waals surface area contributed by atoms with Gasteiger partial charge in [0.15, 0.2) is 5.82 Å². The summed E-state index contributed by atoms with van der Waals surface area (Å²) < 4.78 is 48.0. The highest BCUT2D eigenvalue weighted by atomic mass is 79.9. The highest BCUT2D eigenvalue weighted by Gasteiger charge is 2.29. The van der Waals surface area contributed by atoms with Crippen LogP contribution in [0, 0.1) is 5.82 Å². The number of phenols is 1. The third-order valence-electron chi connectivity index (χ3n) is 4.44. The molecule has 1 fully saturated rings. The molecule has 3 rings (SSSR count). The lowest BCUT2D eigenvalue weighted by Crippen LogP contribution is -2.28. The molecule has 2 aromatic carbocycles. The predicted molar refractivity (Wildman–Crippen MR) is 109 cm³/mol. The molecule has 0 atom stereocenters. The Morgan fingerprint density at radius 2 is 2.03 bits per heavy atom. The molecule has 0 aliphatic heterocycles. The normalized spacial score (nSPS) is 13.9. The predicted octanol–water partition coefficient (Wildman–Crippen LogP) is 3.35. The van der Waals surface area contributed by atoms with Gasteiger partial charge in [-0.25, -0.2) is 12.8 Å². The minimum Gasteiger partial charge on any atom is -0.507 e. The molecule has 3 N–H and O–H groups in total. The number of carbonyl (C=O) groups is 1. The van der Waals surface area contributed by atoms with Crippen molar-refractivity contribution in [2.75, 3.05) is 25.0 Å². The highest BCUT2D eigenvalue weighted by Crippen LogP contribution is 2.42. The van der Waals surface area contributed by atoms with Crippen molar-refractivity contribution in [3.8, 4) is 5.75 Å². The van der Waals surface area contributed by atoms with Crippen LogP contribution in [-0.4, -0.2) is 39.7 Å². The third kappa shape index (κ3) is 5.06. The van der Waals surface area contributed by atoms with Crippen LogP contribution in [0.2, 0.25) is 0 Å². The number of halogens is 2. The third-order valence-corrected chi connectivity index (χ3v) is 6.32. The van der Waals surface area contributed by atoms with Crippen molar-refractivity contribution in [1.82, 2.24) is 5.32 Å². The number of anilines is 1. The zero-order valence-electron chi connectivity index (χ0n) is 15.5. The molecule has 1 amide bonds. The molecule has 1 aliphatic carbocycles. The first-order chi connectivity index (χ1) is 13.7. The van der Waals surface area contributed by atoms with Crippen molar-refractivity contribution in [3.63, 3.8) is 0 Å². The van der Waals surface area contributed by atoms with E-state index in [0.717, 1.165) is 12.8 Å². The number of sulfonamides is 1. The molecule has 29 heavy (non-hydrogen) atoms. The van der Waals surface area contributed by atoms with Crippen LogP contribution in [0.5, 0.6) is 5.75 Å². The maximum atomic E-state index is 15.0. The van der Waals surface area contributed by atoms with E-state index in [1.54, 1.807) is 0 Å². The monoisotopic (exact) mass is 486 g/mol. The fourth-order valence-electron chi connectivity index (χ4n) is 2.80. The number of phenolic OH excluding ortho intramolecular Hbond substituents is 1. The Bertz CT molecular complexity index is 1040. The molecule has 0 spiro atoms. The van der Waals surface area contributed by atoms with Crippen LogP contribution in [-0.2, 0) is 14.8 Å². The smallest absolute Gasteiger partial charge is 0.265 e. The first kappa shape index (κ1) is 21.5. The average Bonchev–Trinajstić information content (AvgIpc) is 3.50. The van der Waals surface area contributed by atoms with E-state index in [4.69, 9.17) is 4.74 Å². The largest absolute Gasteiger partial charge is 0.507 e. The van der Waals surface area contributed by atoms with Gasteiger partial charge >= 0.3 is 0 Å². The number of carbonyl (C=O) groups excluding carboxylic acids is 1. The number of rotatable bonds is 8. The Labute approximate surface area is 176 Å². The van der Waals surface area contributed by atoms with E-state index in [1.807, 2.05) is 0 Å². The van der Waals surface area contributed by atoms with Crippen LogP contribution in [0.25, 0.3) is 0 Å². The molecular formula is C19H20BrFN2O5S. The second kappa shape index (κ2) is 8.68.